The Balaban J connectivity index is 2.49. The number of benzene rings is 1. The molecular weight excluding hydrogens is 292 g/mol. The van der Waals surface area contributed by atoms with E-state index in [1.807, 2.05) is 13.0 Å². The molecule has 0 spiro atoms. The van der Waals surface area contributed by atoms with Gasteiger partial charge in [0.05, 0.1) is 16.5 Å². The van der Waals surface area contributed by atoms with Crippen molar-refractivity contribution >= 4 is 16.0 Å². The Kier molecular flexibility index (Phi) is 6.34. The summed E-state index contributed by atoms with van der Waals surface area (Å²) in [7, 11) is -3.59. The van der Waals surface area contributed by atoms with E-state index in [9.17, 15) is 13.2 Å². The quantitative estimate of drug-likeness (QED) is 0.760. The molecule has 1 aromatic rings. The molecule has 7 heteroatoms. The lowest BCUT2D eigenvalue weighted by Gasteiger charge is -2.11. The zero-order valence-electron chi connectivity index (χ0n) is 11.7. The molecule has 2 N–H and O–H groups in total. The molecule has 0 radical (unpaired) electrons. The summed E-state index contributed by atoms with van der Waals surface area (Å²) in [6.07, 6.45) is 1.18. The molecule has 0 amide bonds. The van der Waals surface area contributed by atoms with Crippen molar-refractivity contribution in [1.29, 1.82) is 5.26 Å². The van der Waals surface area contributed by atoms with Crippen molar-refractivity contribution in [2.45, 2.75) is 31.1 Å². The van der Waals surface area contributed by atoms with Crippen LogP contribution in [0.15, 0.2) is 29.2 Å². The lowest BCUT2D eigenvalue weighted by Crippen LogP contribution is -2.26. The van der Waals surface area contributed by atoms with Gasteiger partial charge in [0.1, 0.15) is 0 Å². The van der Waals surface area contributed by atoms with Crippen molar-refractivity contribution in [3.8, 4) is 6.07 Å². The highest BCUT2D eigenvalue weighted by molar-refractivity contribution is 7.89. The number of hydrogen-bond acceptors (Lipinski definition) is 4. The van der Waals surface area contributed by atoms with E-state index in [-0.39, 0.29) is 23.8 Å². The molecule has 0 saturated heterocycles. The molecule has 1 aromatic carbocycles. The topological polar surface area (TPSA) is 107 Å². The van der Waals surface area contributed by atoms with E-state index < -0.39 is 16.0 Å². The van der Waals surface area contributed by atoms with Gasteiger partial charge in [-0.2, -0.15) is 5.26 Å². The molecule has 0 heterocycles. The van der Waals surface area contributed by atoms with Gasteiger partial charge in [0.15, 0.2) is 0 Å². The van der Waals surface area contributed by atoms with Gasteiger partial charge in [0.2, 0.25) is 10.0 Å². The van der Waals surface area contributed by atoms with Gasteiger partial charge in [-0.15, -0.1) is 0 Å². The van der Waals surface area contributed by atoms with Gasteiger partial charge < -0.3 is 5.11 Å². The third kappa shape index (κ3) is 5.94. The number of carboxylic acids is 1. The van der Waals surface area contributed by atoms with Crippen LogP contribution in [0.5, 0.6) is 0 Å². The molecule has 114 valence electrons. The van der Waals surface area contributed by atoms with Crippen LogP contribution in [0.4, 0.5) is 0 Å². The van der Waals surface area contributed by atoms with Crippen LogP contribution in [0.2, 0.25) is 0 Å². The molecule has 0 bridgehead atoms. The lowest BCUT2D eigenvalue weighted by molar-refractivity contribution is -0.137. The number of hydrogen-bond donors (Lipinski definition) is 2. The minimum Gasteiger partial charge on any atom is -0.481 e. The molecule has 0 aliphatic rings. The predicted octanol–water partition coefficient (Wildman–Crippen LogP) is 1.73. The highest BCUT2D eigenvalue weighted by Crippen LogP contribution is 2.12. The van der Waals surface area contributed by atoms with Crippen LogP contribution in [0.1, 0.15) is 31.7 Å². The standard InChI is InChI=1S/C14H18N2O4S/c1-11(2-7-14(17)18)8-9-16-21(19,20)13-5-3-12(10-15)4-6-13/h3-6,11,16H,2,7-9H2,1H3,(H,17,18). The second-order valence-corrected chi connectivity index (χ2v) is 6.63. The van der Waals surface area contributed by atoms with Crippen LogP contribution in [-0.4, -0.2) is 26.0 Å². The number of carboxylic acid groups (broad SMARTS) is 1. The summed E-state index contributed by atoms with van der Waals surface area (Å²) >= 11 is 0. The maximum absolute atomic E-state index is 12.0. The van der Waals surface area contributed by atoms with Crippen LogP contribution < -0.4 is 4.72 Å². The Morgan fingerprint density at radius 2 is 1.95 bits per heavy atom. The van der Waals surface area contributed by atoms with Gasteiger partial charge >= 0.3 is 5.97 Å². The number of nitrogens with zero attached hydrogens (tertiary/aromatic N) is 1. The first-order valence-electron chi connectivity index (χ1n) is 6.57. The SMILES string of the molecule is CC(CCNS(=O)(=O)c1ccc(C#N)cc1)CCC(=O)O. The van der Waals surface area contributed by atoms with Gasteiger partial charge in [-0.05, 0) is 43.0 Å². The molecule has 21 heavy (non-hydrogen) atoms. The lowest BCUT2D eigenvalue weighted by atomic mass is 10.0. The Bertz CT molecular complexity index is 617. The normalized spacial score (nSPS) is 12.6. The fourth-order valence-electron chi connectivity index (χ4n) is 1.75. The highest BCUT2D eigenvalue weighted by atomic mass is 32.2. The average Bonchev–Trinajstić information content (AvgIpc) is 2.45. The minimum atomic E-state index is -3.59. The van der Waals surface area contributed by atoms with E-state index in [2.05, 4.69) is 4.72 Å². The van der Waals surface area contributed by atoms with Gasteiger partial charge in [-0.1, -0.05) is 6.92 Å². The van der Waals surface area contributed by atoms with Crippen molar-refractivity contribution in [3.63, 3.8) is 0 Å². The average molecular weight is 310 g/mol. The van der Waals surface area contributed by atoms with Gasteiger partial charge in [-0.25, -0.2) is 13.1 Å². The Hall–Kier alpha value is -1.91. The molecular formula is C14H18N2O4S. The minimum absolute atomic E-state index is 0.0868. The van der Waals surface area contributed by atoms with Crippen molar-refractivity contribution in [2.24, 2.45) is 5.92 Å². The Morgan fingerprint density at radius 3 is 2.48 bits per heavy atom. The van der Waals surface area contributed by atoms with Crippen LogP contribution in [-0.2, 0) is 14.8 Å². The summed E-state index contributed by atoms with van der Waals surface area (Å²) in [5.41, 5.74) is 0.399. The van der Waals surface area contributed by atoms with Crippen LogP contribution in [0.25, 0.3) is 0 Å². The summed E-state index contributed by atoms with van der Waals surface area (Å²) in [6, 6.07) is 7.59. The Labute approximate surface area is 124 Å². The zero-order chi connectivity index (χ0) is 15.9. The fraction of sp³-hybridized carbons (Fsp3) is 0.429. The zero-order valence-corrected chi connectivity index (χ0v) is 12.6. The second-order valence-electron chi connectivity index (χ2n) is 4.86. The first kappa shape index (κ1) is 17.1. The van der Waals surface area contributed by atoms with E-state index in [1.165, 1.54) is 24.3 Å². The summed E-state index contributed by atoms with van der Waals surface area (Å²) < 4.78 is 26.5. The van der Waals surface area contributed by atoms with E-state index >= 15 is 0 Å². The molecule has 0 aromatic heterocycles. The van der Waals surface area contributed by atoms with Gasteiger partial charge in [0, 0.05) is 13.0 Å². The summed E-state index contributed by atoms with van der Waals surface area (Å²) in [4.78, 5) is 10.6. The van der Waals surface area contributed by atoms with Crippen molar-refractivity contribution < 1.29 is 18.3 Å². The maximum Gasteiger partial charge on any atom is 0.303 e. The summed E-state index contributed by atoms with van der Waals surface area (Å²) in [5, 5.41) is 17.2. The van der Waals surface area contributed by atoms with Crippen molar-refractivity contribution in [3.05, 3.63) is 29.8 Å². The van der Waals surface area contributed by atoms with Crippen molar-refractivity contribution in [1.82, 2.24) is 4.72 Å². The molecule has 0 saturated carbocycles. The van der Waals surface area contributed by atoms with E-state index in [1.54, 1.807) is 0 Å². The molecule has 1 rings (SSSR count). The first-order chi connectivity index (χ1) is 9.85. The smallest absolute Gasteiger partial charge is 0.303 e. The monoisotopic (exact) mass is 310 g/mol. The summed E-state index contributed by atoms with van der Waals surface area (Å²) in [5.74, 6) is -0.718. The van der Waals surface area contributed by atoms with Crippen molar-refractivity contribution in [2.75, 3.05) is 6.54 Å². The fourth-order valence-corrected chi connectivity index (χ4v) is 2.79. The number of nitrogens with one attached hydrogen (secondary N) is 1. The van der Waals surface area contributed by atoms with Gasteiger partial charge in [0.25, 0.3) is 0 Å². The highest BCUT2D eigenvalue weighted by Gasteiger charge is 2.14. The molecule has 0 fully saturated rings. The third-order valence-electron chi connectivity index (χ3n) is 3.07. The molecule has 0 aliphatic carbocycles. The Morgan fingerprint density at radius 1 is 1.33 bits per heavy atom. The molecule has 6 nitrogen and oxygen atoms in total. The molecule has 0 aliphatic heterocycles. The summed E-state index contributed by atoms with van der Waals surface area (Å²) in [6.45, 7) is 2.14. The van der Waals surface area contributed by atoms with Gasteiger partial charge in [-0.3, -0.25) is 4.79 Å². The van der Waals surface area contributed by atoms with E-state index in [0.717, 1.165) is 0 Å². The first-order valence-corrected chi connectivity index (χ1v) is 8.05. The number of sulfonamides is 1. The van der Waals surface area contributed by atoms with E-state index in [4.69, 9.17) is 10.4 Å². The number of rotatable bonds is 8. The maximum atomic E-state index is 12.0. The number of carbonyl (C=O) groups is 1. The number of aliphatic carboxylic acids is 1. The second kappa shape index (κ2) is 7.76. The largest absolute Gasteiger partial charge is 0.481 e. The molecule has 1 unspecified atom stereocenters. The van der Waals surface area contributed by atoms with Crippen LogP contribution >= 0.6 is 0 Å². The van der Waals surface area contributed by atoms with Crippen LogP contribution in [0, 0.1) is 17.2 Å². The number of nitriles is 1. The van der Waals surface area contributed by atoms with E-state index in [0.29, 0.717) is 18.4 Å². The third-order valence-corrected chi connectivity index (χ3v) is 4.55. The molecule has 1 atom stereocenters. The van der Waals surface area contributed by atoms with Crippen LogP contribution in [0.3, 0.4) is 0 Å². The predicted molar refractivity (Wildman–Crippen MR) is 77.0 cm³/mol.